The Bertz CT molecular complexity index is 1000. The number of esters is 1. The van der Waals surface area contributed by atoms with Crippen LogP contribution in [0.3, 0.4) is 0 Å². The molecule has 5 rings (SSSR count). The maximum Gasteiger partial charge on any atom is 0.310 e. The average molecular weight is 455 g/mol. The molecule has 148 valence electrons. The second-order valence-electron chi connectivity index (χ2n) is 7.95. The number of rotatable bonds is 4. The number of anilines is 2. The van der Waals surface area contributed by atoms with Gasteiger partial charge in [0.1, 0.15) is 6.10 Å². The lowest BCUT2D eigenvalue weighted by Crippen LogP contribution is -2.35. The van der Waals surface area contributed by atoms with Crippen LogP contribution >= 0.6 is 15.9 Å². The van der Waals surface area contributed by atoms with Crippen molar-refractivity contribution in [2.45, 2.75) is 18.9 Å². The highest BCUT2D eigenvalue weighted by Gasteiger charge is 2.63. The van der Waals surface area contributed by atoms with Gasteiger partial charge < -0.3 is 15.4 Å². The Labute approximate surface area is 176 Å². The van der Waals surface area contributed by atoms with E-state index in [0.717, 1.165) is 17.3 Å². The van der Waals surface area contributed by atoms with Gasteiger partial charge in [0.05, 0.1) is 11.8 Å². The molecule has 1 saturated heterocycles. The molecule has 0 radical (unpaired) electrons. The van der Waals surface area contributed by atoms with E-state index in [2.05, 4.69) is 26.6 Å². The van der Waals surface area contributed by atoms with Crippen LogP contribution in [-0.4, -0.2) is 23.9 Å². The third kappa shape index (κ3) is 3.23. The van der Waals surface area contributed by atoms with Crippen LogP contribution < -0.4 is 10.6 Å². The molecule has 6 nitrogen and oxygen atoms in total. The average Bonchev–Trinajstić information content (AvgIpc) is 3.32. The summed E-state index contributed by atoms with van der Waals surface area (Å²) in [5.41, 5.74) is 1.67. The maximum absolute atomic E-state index is 12.9. The van der Waals surface area contributed by atoms with Crippen LogP contribution in [0, 0.1) is 23.7 Å². The van der Waals surface area contributed by atoms with Crippen molar-refractivity contribution in [3.8, 4) is 0 Å². The van der Waals surface area contributed by atoms with Gasteiger partial charge in [-0.2, -0.15) is 0 Å². The zero-order chi connectivity index (χ0) is 20.1. The number of carbonyl (C=O) groups is 3. The van der Waals surface area contributed by atoms with Gasteiger partial charge in [-0.15, -0.1) is 0 Å². The number of hydrogen-bond acceptors (Lipinski definition) is 4. The highest BCUT2D eigenvalue weighted by molar-refractivity contribution is 9.10. The van der Waals surface area contributed by atoms with Crippen LogP contribution in [0.1, 0.15) is 23.2 Å². The van der Waals surface area contributed by atoms with Crippen molar-refractivity contribution in [1.82, 2.24) is 0 Å². The van der Waals surface area contributed by atoms with Gasteiger partial charge in [-0.1, -0.05) is 22.0 Å². The Balaban J connectivity index is 1.29. The summed E-state index contributed by atoms with van der Waals surface area (Å²) in [7, 11) is 0. The first-order valence-corrected chi connectivity index (χ1v) is 10.5. The Kier molecular flexibility index (Phi) is 4.42. The molecule has 2 N–H and O–H groups in total. The van der Waals surface area contributed by atoms with E-state index in [1.165, 1.54) is 0 Å². The maximum atomic E-state index is 12.9. The van der Waals surface area contributed by atoms with Crippen LogP contribution in [0.5, 0.6) is 0 Å². The summed E-state index contributed by atoms with van der Waals surface area (Å²) in [5.74, 6) is -0.927. The molecule has 3 fully saturated rings. The van der Waals surface area contributed by atoms with E-state index in [9.17, 15) is 14.4 Å². The van der Waals surface area contributed by atoms with Crippen molar-refractivity contribution in [2.75, 3.05) is 10.6 Å². The molecule has 7 heteroatoms. The number of halogens is 1. The van der Waals surface area contributed by atoms with Gasteiger partial charge in [0.2, 0.25) is 5.91 Å². The summed E-state index contributed by atoms with van der Waals surface area (Å²) in [5, 5.41) is 5.74. The van der Waals surface area contributed by atoms with Crippen molar-refractivity contribution in [1.29, 1.82) is 0 Å². The van der Waals surface area contributed by atoms with Crippen LogP contribution in [0.15, 0.2) is 53.0 Å². The van der Waals surface area contributed by atoms with Gasteiger partial charge in [0.15, 0.2) is 0 Å². The standard InChI is InChI=1S/C22H19BrN2O4/c23-13-4-6-14(7-5-13)24-20(26)11-2-1-3-15(8-11)25-21(27)18-12-9-16-17(10-12)29-22(28)19(16)18/h1-8,12,16-19H,9-10H2,(H,24,26)(H,25,27)/t12-,16+,17-,18-,19+/m0/s1. The molecule has 1 aliphatic heterocycles. The Hall–Kier alpha value is -2.67. The van der Waals surface area contributed by atoms with Crippen molar-refractivity contribution >= 4 is 45.1 Å². The minimum atomic E-state index is -0.341. The van der Waals surface area contributed by atoms with Crippen LogP contribution in [0.25, 0.3) is 0 Å². The molecule has 0 aromatic heterocycles. The molecule has 2 amide bonds. The largest absolute Gasteiger partial charge is 0.462 e. The first kappa shape index (κ1) is 18.4. The zero-order valence-corrected chi connectivity index (χ0v) is 17.0. The smallest absolute Gasteiger partial charge is 0.310 e. The quantitative estimate of drug-likeness (QED) is 0.687. The van der Waals surface area contributed by atoms with Gasteiger partial charge in [-0.3, -0.25) is 14.4 Å². The second-order valence-corrected chi connectivity index (χ2v) is 8.87. The van der Waals surface area contributed by atoms with Gasteiger partial charge in [0.25, 0.3) is 5.91 Å². The molecule has 0 unspecified atom stereocenters. The van der Waals surface area contributed by atoms with Gasteiger partial charge in [-0.05, 0) is 61.2 Å². The molecule has 2 aromatic rings. The second kappa shape index (κ2) is 6.99. The molecule has 2 aromatic carbocycles. The lowest BCUT2D eigenvalue weighted by Gasteiger charge is -2.23. The van der Waals surface area contributed by atoms with Crippen molar-refractivity contribution in [2.24, 2.45) is 23.7 Å². The lowest BCUT2D eigenvalue weighted by molar-refractivity contribution is -0.145. The zero-order valence-electron chi connectivity index (χ0n) is 15.4. The van der Waals surface area contributed by atoms with E-state index in [4.69, 9.17) is 4.74 Å². The first-order valence-electron chi connectivity index (χ1n) is 9.68. The van der Waals surface area contributed by atoms with Gasteiger partial charge >= 0.3 is 5.97 Å². The van der Waals surface area contributed by atoms with Crippen molar-refractivity contribution < 1.29 is 19.1 Å². The molecule has 2 saturated carbocycles. The fourth-order valence-electron chi connectivity index (χ4n) is 5.06. The van der Waals surface area contributed by atoms with Crippen LogP contribution in [0.2, 0.25) is 0 Å². The summed E-state index contributed by atoms with van der Waals surface area (Å²) in [6, 6.07) is 14.1. The normalized spacial score (nSPS) is 28.9. The summed E-state index contributed by atoms with van der Waals surface area (Å²) < 4.78 is 6.34. The van der Waals surface area contributed by atoms with E-state index in [1.54, 1.807) is 36.4 Å². The number of amides is 2. The molecule has 0 spiro atoms. The predicted octanol–water partition coefficient (Wildman–Crippen LogP) is 3.84. The molecule has 1 heterocycles. The number of nitrogens with one attached hydrogen (secondary N) is 2. The van der Waals surface area contributed by atoms with Gasteiger partial charge in [0, 0.05) is 27.3 Å². The summed E-state index contributed by atoms with van der Waals surface area (Å²) in [6.07, 6.45) is 1.67. The fourth-order valence-corrected chi connectivity index (χ4v) is 5.33. The van der Waals surface area contributed by atoms with E-state index in [0.29, 0.717) is 16.9 Å². The van der Waals surface area contributed by atoms with E-state index >= 15 is 0 Å². The van der Waals surface area contributed by atoms with E-state index in [-0.39, 0.29) is 47.6 Å². The monoisotopic (exact) mass is 454 g/mol. The Morgan fingerprint density at radius 2 is 1.79 bits per heavy atom. The molecule has 5 atom stereocenters. The third-order valence-electron chi connectivity index (χ3n) is 6.28. The van der Waals surface area contributed by atoms with E-state index < -0.39 is 0 Å². The number of benzene rings is 2. The van der Waals surface area contributed by atoms with Crippen molar-refractivity contribution in [3.05, 3.63) is 58.6 Å². The Morgan fingerprint density at radius 1 is 1.00 bits per heavy atom. The molecular weight excluding hydrogens is 436 g/mol. The summed E-state index contributed by atoms with van der Waals surface area (Å²) in [6.45, 7) is 0. The summed E-state index contributed by atoms with van der Waals surface area (Å²) >= 11 is 3.36. The predicted molar refractivity (Wildman–Crippen MR) is 110 cm³/mol. The lowest BCUT2D eigenvalue weighted by atomic mass is 9.79. The first-order chi connectivity index (χ1) is 14.0. The number of hydrogen-bond donors (Lipinski definition) is 2. The van der Waals surface area contributed by atoms with Crippen LogP contribution in [-0.2, 0) is 14.3 Å². The summed E-state index contributed by atoms with van der Waals surface area (Å²) in [4.78, 5) is 37.6. The third-order valence-corrected chi connectivity index (χ3v) is 6.81. The highest BCUT2D eigenvalue weighted by atomic mass is 79.9. The minimum Gasteiger partial charge on any atom is -0.462 e. The fraction of sp³-hybridized carbons (Fsp3) is 0.318. The molecule has 29 heavy (non-hydrogen) atoms. The molecule has 2 bridgehead atoms. The molecule has 2 aliphatic carbocycles. The SMILES string of the molecule is O=C(Nc1ccc(Br)cc1)c1cccc(NC(=O)[C@H]2[C@H]3C[C@H]4[C@H]2C(=O)O[C@H]4C3)c1. The van der Waals surface area contributed by atoms with Crippen LogP contribution in [0.4, 0.5) is 11.4 Å². The molecule has 3 aliphatic rings. The van der Waals surface area contributed by atoms with E-state index in [1.807, 2.05) is 12.1 Å². The van der Waals surface area contributed by atoms with Crippen molar-refractivity contribution in [3.63, 3.8) is 0 Å². The molecular formula is C22H19BrN2O4. The topological polar surface area (TPSA) is 84.5 Å². The minimum absolute atomic E-state index is 0.00665. The highest BCUT2D eigenvalue weighted by Crippen LogP contribution is 2.57. The number of fused-ring (bicyclic) bond motifs is 1. The van der Waals surface area contributed by atoms with Gasteiger partial charge in [-0.25, -0.2) is 0 Å². The Morgan fingerprint density at radius 3 is 2.59 bits per heavy atom. The number of carbonyl (C=O) groups excluding carboxylic acids is 3. The number of ether oxygens (including phenoxy) is 1.